The van der Waals surface area contributed by atoms with Crippen LogP contribution in [-0.4, -0.2) is 0 Å². The largest absolute Gasteiger partial charge is 1.00 e. The SMILES string of the molecule is Clc1ccc2[n-]ccc2c1.[Li+]. The van der Waals surface area contributed by atoms with Crippen LogP contribution in [0.1, 0.15) is 0 Å². The molecule has 0 unspecified atom stereocenters. The summed E-state index contributed by atoms with van der Waals surface area (Å²) in [6, 6.07) is 7.61. The van der Waals surface area contributed by atoms with Crippen LogP contribution in [0.2, 0.25) is 5.02 Å². The van der Waals surface area contributed by atoms with Crippen molar-refractivity contribution in [3.05, 3.63) is 35.5 Å². The van der Waals surface area contributed by atoms with Crippen molar-refractivity contribution in [2.24, 2.45) is 0 Å². The molecule has 1 heterocycles. The van der Waals surface area contributed by atoms with E-state index < -0.39 is 0 Å². The van der Waals surface area contributed by atoms with Crippen molar-refractivity contribution in [3.8, 4) is 0 Å². The maximum Gasteiger partial charge on any atom is 1.00 e. The van der Waals surface area contributed by atoms with Crippen LogP contribution < -0.4 is 23.8 Å². The molecule has 11 heavy (non-hydrogen) atoms. The normalized spacial score (nSPS) is 9.55. The number of hydrogen-bond acceptors (Lipinski definition) is 0. The fourth-order valence-corrected chi connectivity index (χ4v) is 1.15. The van der Waals surface area contributed by atoms with Crippen LogP contribution in [0, 0.1) is 0 Å². The van der Waals surface area contributed by atoms with Crippen LogP contribution in [0.5, 0.6) is 0 Å². The summed E-state index contributed by atoms with van der Waals surface area (Å²) in [6.45, 7) is 0. The molecule has 0 atom stereocenters. The predicted octanol–water partition coefficient (Wildman–Crippen LogP) is -0.546. The van der Waals surface area contributed by atoms with E-state index in [1.54, 1.807) is 6.20 Å². The van der Waals surface area contributed by atoms with Crippen molar-refractivity contribution in [1.29, 1.82) is 0 Å². The maximum absolute atomic E-state index is 5.75. The Kier molecular flexibility index (Phi) is 2.67. The minimum Gasteiger partial charge on any atom is -0.664 e. The Bertz CT molecular complexity index is 356. The summed E-state index contributed by atoms with van der Waals surface area (Å²) in [5, 5.41) is 1.87. The maximum atomic E-state index is 5.75. The third-order valence-corrected chi connectivity index (χ3v) is 1.69. The molecule has 0 fully saturated rings. The van der Waals surface area contributed by atoms with Gasteiger partial charge in [0.25, 0.3) is 0 Å². The first-order valence-electron chi connectivity index (χ1n) is 3.03. The van der Waals surface area contributed by atoms with Crippen LogP contribution in [0.3, 0.4) is 0 Å². The van der Waals surface area contributed by atoms with Crippen LogP contribution >= 0.6 is 11.6 Å². The van der Waals surface area contributed by atoms with E-state index >= 15 is 0 Å². The van der Waals surface area contributed by atoms with Gasteiger partial charge in [-0.25, -0.2) is 0 Å². The van der Waals surface area contributed by atoms with Gasteiger partial charge in [0, 0.05) is 5.02 Å². The minimum atomic E-state index is 0. The molecule has 3 heteroatoms. The summed E-state index contributed by atoms with van der Waals surface area (Å²) in [7, 11) is 0. The van der Waals surface area contributed by atoms with Gasteiger partial charge in [-0.2, -0.15) is 6.20 Å². The number of nitrogens with zero attached hydrogens (tertiary/aromatic N) is 1. The van der Waals surface area contributed by atoms with Gasteiger partial charge in [0.15, 0.2) is 0 Å². The quantitative estimate of drug-likeness (QED) is 0.469. The smallest absolute Gasteiger partial charge is 0.664 e. The van der Waals surface area contributed by atoms with Crippen molar-refractivity contribution in [2.75, 3.05) is 0 Å². The Morgan fingerprint density at radius 2 is 2.00 bits per heavy atom. The number of fused-ring (bicyclic) bond motifs is 1. The molecule has 0 radical (unpaired) electrons. The number of rotatable bonds is 0. The summed E-state index contributed by atoms with van der Waals surface area (Å²) in [4.78, 5) is 4.10. The summed E-state index contributed by atoms with van der Waals surface area (Å²) in [6.07, 6.45) is 1.78. The molecule has 0 saturated carbocycles. The van der Waals surface area contributed by atoms with Gasteiger partial charge in [-0.1, -0.05) is 23.7 Å². The van der Waals surface area contributed by atoms with Gasteiger partial charge >= 0.3 is 18.9 Å². The van der Waals surface area contributed by atoms with Gasteiger partial charge in [0.05, 0.1) is 0 Å². The molecule has 0 amide bonds. The van der Waals surface area contributed by atoms with E-state index in [-0.39, 0.29) is 18.9 Å². The summed E-state index contributed by atoms with van der Waals surface area (Å²) >= 11 is 5.75. The van der Waals surface area contributed by atoms with Crippen molar-refractivity contribution >= 4 is 22.5 Å². The number of hydrogen-bond donors (Lipinski definition) is 0. The summed E-state index contributed by atoms with van der Waals surface area (Å²) in [5.41, 5.74) is 1.00. The molecular weight excluding hydrogens is 152 g/mol. The standard InChI is InChI=1S/C8H5ClN.Li/c9-7-1-2-8-6(5-7)3-4-10-8;/h1-5H;/q-1;+1. The fraction of sp³-hybridized carbons (Fsp3) is 0. The van der Waals surface area contributed by atoms with Gasteiger partial charge in [0.2, 0.25) is 0 Å². The Balaban J connectivity index is 0.000000605. The minimum absolute atomic E-state index is 0. The zero-order valence-electron chi connectivity index (χ0n) is 6.21. The number of aromatic nitrogens is 1. The molecule has 0 spiro atoms. The van der Waals surface area contributed by atoms with Crippen LogP contribution in [0.15, 0.2) is 30.5 Å². The fourth-order valence-electron chi connectivity index (χ4n) is 0.974. The number of benzene rings is 1. The van der Waals surface area contributed by atoms with E-state index in [1.807, 2.05) is 24.3 Å². The van der Waals surface area contributed by atoms with Crippen LogP contribution in [-0.2, 0) is 0 Å². The zero-order valence-corrected chi connectivity index (χ0v) is 6.97. The topological polar surface area (TPSA) is 14.1 Å². The van der Waals surface area contributed by atoms with E-state index in [2.05, 4.69) is 4.98 Å². The second kappa shape index (κ2) is 3.36. The molecule has 0 saturated heterocycles. The van der Waals surface area contributed by atoms with Gasteiger partial charge in [0.1, 0.15) is 0 Å². The first-order chi connectivity index (χ1) is 4.86. The second-order valence-electron chi connectivity index (χ2n) is 2.15. The third kappa shape index (κ3) is 1.62. The molecule has 0 aliphatic rings. The van der Waals surface area contributed by atoms with E-state index in [1.165, 1.54) is 0 Å². The molecular formula is C8H5ClLiN. The van der Waals surface area contributed by atoms with E-state index in [0.717, 1.165) is 15.9 Å². The Hall–Kier alpha value is -0.353. The van der Waals surface area contributed by atoms with Crippen molar-refractivity contribution in [2.45, 2.75) is 0 Å². The van der Waals surface area contributed by atoms with Crippen molar-refractivity contribution < 1.29 is 18.9 Å². The Labute approximate surface area is 81.9 Å². The molecule has 0 aliphatic heterocycles. The van der Waals surface area contributed by atoms with Gasteiger partial charge in [-0.05, 0) is 17.5 Å². The van der Waals surface area contributed by atoms with Gasteiger partial charge in [-0.15, -0.1) is 5.52 Å². The van der Waals surface area contributed by atoms with Crippen molar-refractivity contribution in [3.63, 3.8) is 0 Å². The molecule has 2 aromatic rings. The molecule has 1 aromatic heterocycles. The monoisotopic (exact) mass is 157 g/mol. The molecule has 1 aromatic carbocycles. The Morgan fingerprint density at radius 1 is 1.18 bits per heavy atom. The summed E-state index contributed by atoms with van der Waals surface area (Å²) in [5.74, 6) is 0. The second-order valence-corrected chi connectivity index (χ2v) is 2.58. The van der Waals surface area contributed by atoms with E-state index in [0.29, 0.717) is 0 Å². The third-order valence-electron chi connectivity index (χ3n) is 1.46. The predicted molar refractivity (Wildman–Crippen MR) is 42.3 cm³/mol. The van der Waals surface area contributed by atoms with Crippen LogP contribution in [0.25, 0.3) is 10.9 Å². The zero-order chi connectivity index (χ0) is 6.97. The van der Waals surface area contributed by atoms with Crippen LogP contribution in [0.4, 0.5) is 0 Å². The number of halogens is 1. The van der Waals surface area contributed by atoms with Gasteiger partial charge < -0.3 is 4.98 Å². The average molecular weight is 158 g/mol. The molecule has 0 aliphatic carbocycles. The van der Waals surface area contributed by atoms with E-state index in [4.69, 9.17) is 11.6 Å². The Morgan fingerprint density at radius 3 is 2.82 bits per heavy atom. The molecule has 1 nitrogen and oxygen atoms in total. The first kappa shape index (κ1) is 8.74. The summed E-state index contributed by atoms with van der Waals surface area (Å²) < 4.78 is 0. The first-order valence-corrected chi connectivity index (χ1v) is 3.41. The van der Waals surface area contributed by atoms with Gasteiger partial charge in [-0.3, -0.25) is 0 Å². The molecule has 0 bridgehead atoms. The molecule has 50 valence electrons. The van der Waals surface area contributed by atoms with E-state index in [9.17, 15) is 0 Å². The van der Waals surface area contributed by atoms with Crippen molar-refractivity contribution in [1.82, 2.24) is 4.98 Å². The molecule has 0 N–H and O–H groups in total. The average Bonchev–Trinajstić information content (AvgIpc) is 2.33. The molecule has 2 rings (SSSR count).